The standard InChI is InChI=1S/C41H63NO15/c1-10-19(3)34(47)56-33-28(46)27-23(17-42-16-18(2)11-12-25(42)38(27,9)50)24-15-39-32(40(24,33)51)30(54-22(6)45)29(53-21(5)44)31-36(39,7)14-13-26(41(31,52)57-39)55-35(48)37(8,49)20(4)43/h18-20,23-33,43,46,49-52H,10-17H2,1-9H3/t18?,19?,20?,23?,24?,25?,26-,27?,28+,29-,30+,31?,32?,33-,36-,37?,38+,39-,40-,41+/m0/s1. The normalized spacial score (nSPS) is 50.4. The topological polar surface area (TPSA) is 239 Å². The Balaban J connectivity index is 1.45. The van der Waals surface area contributed by atoms with Crippen molar-refractivity contribution < 1.29 is 73.5 Å². The van der Waals surface area contributed by atoms with Gasteiger partial charge in [-0.1, -0.05) is 27.7 Å². The molecule has 6 N–H and O–H groups in total. The largest absolute Gasteiger partial charge is 0.458 e. The zero-order valence-electron chi connectivity index (χ0n) is 34.5. The Bertz CT molecular complexity index is 1650. The average Bonchev–Trinajstić information content (AvgIpc) is 3.40. The van der Waals surface area contributed by atoms with E-state index in [2.05, 4.69) is 11.8 Å². The fourth-order valence-corrected chi connectivity index (χ4v) is 13.1. The molecule has 3 heterocycles. The third-order valence-electron chi connectivity index (χ3n) is 16.1. The number of aliphatic hydroxyl groups excluding tert-OH is 2. The molecule has 4 bridgehead atoms. The first-order valence-electron chi connectivity index (χ1n) is 20.8. The van der Waals surface area contributed by atoms with E-state index in [9.17, 15) is 49.8 Å². The van der Waals surface area contributed by atoms with Crippen LogP contribution in [0.3, 0.4) is 0 Å². The Morgan fingerprint density at radius 1 is 0.930 bits per heavy atom. The number of carbonyl (C=O) groups is 4. The van der Waals surface area contributed by atoms with Gasteiger partial charge >= 0.3 is 23.9 Å². The van der Waals surface area contributed by atoms with Gasteiger partial charge < -0.3 is 54.3 Å². The summed E-state index contributed by atoms with van der Waals surface area (Å²) in [4.78, 5) is 55.6. The van der Waals surface area contributed by atoms with Crippen LogP contribution in [-0.4, -0.2) is 143 Å². The molecule has 10 unspecified atom stereocenters. The molecule has 7 fully saturated rings. The molecule has 0 amide bonds. The lowest BCUT2D eigenvalue weighted by atomic mass is 9.48. The van der Waals surface area contributed by atoms with Crippen LogP contribution in [0.15, 0.2) is 0 Å². The quantitative estimate of drug-likeness (QED) is 0.145. The molecular formula is C41H63NO15. The van der Waals surface area contributed by atoms with Crippen LogP contribution in [0.25, 0.3) is 0 Å². The van der Waals surface area contributed by atoms with Crippen LogP contribution in [-0.2, 0) is 42.9 Å². The van der Waals surface area contributed by atoms with Crippen molar-refractivity contribution in [2.75, 3.05) is 13.1 Å². The first kappa shape index (κ1) is 42.7. The fourth-order valence-electron chi connectivity index (χ4n) is 13.1. The van der Waals surface area contributed by atoms with Crippen molar-refractivity contribution in [1.29, 1.82) is 0 Å². The smallest absolute Gasteiger partial charge is 0.341 e. The number of hydrogen-bond donors (Lipinski definition) is 6. The van der Waals surface area contributed by atoms with Gasteiger partial charge in [-0.2, -0.15) is 0 Å². The molecule has 4 aliphatic carbocycles. The minimum absolute atomic E-state index is 0.0170. The van der Waals surface area contributed by atoms with Crippen LogP contribution in [0.2, 0.25) is 0 Å². The van der Waals surface area contributed by atoms with E-state index < -0.39 is 130 Å². The number of ether oxygens (including phenoxy) is 5. The summed E-state index contributed by atoms with van der Waals surface area (Å²) in [5.74, 6) is -11.5. The predicted octanol–water partition coefficient (Wildman–Crippen LogP) is 0.578. The summed E-state index contributed by atoms with van der Waals surface area (Å²) < 4.78 is 31.1. The Labute approximate surface area is 333 Å². The van der Waals surface area contributed by atoms with Crippen molar-refractivity contribution in [3.05, 3.63) is 0 Å². The van der Waals surface area contributed by atoms with Crippen LogP contribution in [0.4, 0.5) is 0 Å². The van der Waals surface area contributed by atoms with Crippen molar-refractivity contribution >= 4 is 23.9 Å². The number of fused-ring (bicyclic) bond motifs is 5. The van der Waals surface area contributed by atoms with Gasteiger partial charge in [-0.15, -0.1) is 0 Å². The van der Waals surface area contributed by atoms with Crippen molar-refractivity contribution in [3.8, 4) is 0 Å². The summed E-state index contributed by atoms with van der Waals surface area (Å²) in [5, 5.41) is 73.2. The van der Waals surface area contributed by atoms with Crippen LogP contribution in [0.5, 0.6) is 0 Å². The molecule has 4 saturated carbocycles. The Kier molecular flexibility index (Phi) is 10.3. The molecule has 0 aromatic carbocycles. The van der Waals surface area contributed by atoms with E-state index >= 15 is 0 Å². The minimum Gasteiger partial charge on any atom is -0.458 e. The maximum Gasteiger partial charge on any atom is 0.341 e. The van der Waals surface area contributed by atoms with Gasteiger partial charge in [-0.3, -0.25) is 19.3 Å². The van der Waals surface area contributed by atoms with Crippen molar-refractivity contribution in [2.45, 2.75) is 172 Å². The first-order valence-corrected chi connectivity index (χ1v) is 20.8. The van der Waals surface area contributed by atoms with E-state index in [0.29, 0.717) is 31.8 Å². The van der Waals surface area contributed by atoms with E-state index in [1.54, 1.807) is 20.8 Å². The van der Waals surface area contributed by atoms with Crippen LogP contribution >= 0.6 is 0 Å². The second kappa shape index (κ2) is 13.8. The van der Waals surface area contributed by atoms with Crippen LogP contribution in [0.1, 0.15) is 101 Å². The summed E-state index contributed by atoms with van der Waals surface area (Å²) >= 11 is 0. The number of esters is 4. The first-order chi connectivity index (χ1) is 26.3. The van der Waals surface area contributed by atoms with Crippen molar-refractivity contribution in [3.63, 3.8) is 0 Å². The second-order valence-corrected chi connectivity index (χ2v) is 19.4. The van der Waals surface area contributed by atoms with Crippen molar-refractivity contribution in [1.82, 2.24) is 4.90 Å². The summed E-state index contributed by atoms with van der Waals surface area (Å²) in [6.45, 7) is 14.7. The Morgan fingerprint density at radius 2 is 1.54 bits per heavy atom. The fraction of sp³-hybridized carbons (Fsp3) is 0.902. The molecule has 7 aliphatic rings. The lowest BCUT2D eigenvalue weighted by Crippen LogP contribution is -2.78. The third-order valence-corrected chi connectivity index (χ3v) is 16.1. The molecule has 3 saturated heterocycles. The van der Waals surface area contributed by atoms with Gasteiger partial charge in [0.2, 0.25) is 5.79 Å². The summed E-state index contributed by atoms with van der Waals surface area (Å²) in [6, 6.07) is -0.329. The van der Waals surface area contributed by atoms with Crippen molar-refractivity contribution in [2.24, 2.45) is 46.8 Å². The SMILES string of the molecule is CCC(C)C(=O)O[C@H]1[C@H](O)C2C(CN3CC(C)CCC3[C@@]2(C)O)C2C[C@]34O[C@@]5(O)C([C@@H](OC(C)=O)[C@@H](OC(C)=O)C3[C@@]21O)[C@]4(C)CC[C@@H]5OC(=O)C(C)(O)C(C)O. The maximum absolute atomic E-state index is 13.9. The highest BCUT2D eigenvalue weighted by atomic mass is 16.7. The van der Waals surface area contributed by atoms with Gasteiger partial charge in [-0.25, -0.2) is 4.79 Å². The Hall–Kier alpha value is -2.44. The highest BCUT2D eigenvalue weighted by Gasteiger charge is 2.90. The summed E-state index contributed by atoms with van der Waals surface area (Å²) in [6.07, 6.45) is -7.41. The number of rotatable bonds is 8. The zero-order chi connectivity index (χ0) is 42.2. The van der Waals surface area contributed by atoms with Gasteiger partial charge in [0.25, 0.3) is 0 Å². The van der Waals surface area contributed by atoms with E-state index in [4.69, 9.17) is 23.7 Å². The van der Waals surface area contributed by atoms with E-state index in [-0.39, 0.29) is 25.3 Å². The second-order valence-electron chi connectivity index (χ2n) is 19.4. The molecule has 7 rings (SSSR count). The molecule has 20 atom stereocenters. The van der Waals surface area contributed by atoms with E-state index in [1.807, 2.05) is 6.92 Å². The molecule has 0 aromatic rings. The number of nitrogens with zero attached hydrogens (tertiary/aromatic N) is 1. The Morgan fingerprint density at radius 3 is 2.12 bits per heavy atom. The monoisotopic (exact) mass is 809 g/mol. The highest BCUT2D eigenvalue weighted by Crippen LogP contribution is 2.78. The maximum atomic E-state index is 13.9. The number of carbonyl (C=O) groups excluding carboxylic acids is 4. The van der Waals surface area contributed by atoms with Gasteiger partial charge in [0, 0.05) is 44.3 Å². The van der Waals surface area contributed by atoms with E-state index in [0.717, 1.165) is 27.2 Å². The zero-order valence-corrected chi connectivity index (χ0v) is 34.5. The number of piperidine rings is 2. The van der Waals surface area contributed by atoms with Gasteiger partial charge in [0.15, 0.2) is 17.8 Å². The molecule has 57 heavy (non-hydrogen) atoms. The lowest BCUT2D eigenvalue weighted by molar-refractivity contribution is -0.301. The highest BCUT2D eigenvalue weighted by molar-refractivity contribution is 5.79. The molecule has 3 aliphatic heterocycles. The molecule has 0 aromatic heterocycles. The molecule has 0 radical (unpaired) electrons. The lowest BCUT2D eigenvalue weighted by Gasteiger charge is -2.64. The van der Waals surface area contributed by atoms with Gasteiger partial charge in [0.05, 0.1) is 41.2 Å². The predicted molar refractivity (Wildman–Crippen MR) is 196 cm³/mol. The third kappa shape index (κ3) is 5.81. The van der Waals surface area contributed by atoms with Gasteiger partial charge in [0.1, 0.15) is 17.8 Å². The summed E-state index contributed by atoms with van der Waals surface area (Å²) in [5.41, 5.74) is -9.03. The molecule has 16 heteroatoms. The van der Waals surface area contributed by atoms with Crippen LogP contribution in [0, 0.1) is 46.8 Å². The molecule has 16 nitrogen and oxygen atoms in total. The van der Waals surface area contributed by atoms with E-state index in [1.165, 1.54) is 6.92 Å². The number of hydrogen-bond acceptors (Lipinski definition) is 16. The van der Waals surface area contributed by atoms with Gasteiger partial charge in [-0.05, 0) is 77.0 Å². The summed E-state index contributed by atoms with van der Waals surface area (Å²) in [7, 11) is 0. The molecule has 322 valence electrons. The average molecular weight is 810 g/mol. The number of aliphatic hydroxyl groups is 6. The molecule has 1 spiro atoms. The minimum atomic E-state index is -2.47. The van der Waals surface area contributed by atoms with Crippen LogP contribution < -0.4 is 0 Å². The molecular weight excluding hydrogens is 746 g/mol.